The predicted molar refractivity (Wildman–Crippen MR) is 97.8 cm³/mol. The molecule has 0 radical (unpaired) electrons. The monoisotopic (exact) mass is 310 g/mol. The lowest BCUT2D eigenvalue weighted by Gasteiger charge is -2.20. The highest BCUT2D eigenvalue weighted by Gasteiger charge is 2.16. The number of imidazole rings is 1. The molecule has 0 aliphatic carbocycles. The molecule has 0 saturated heterocycles. The van der Waals surface area contributed by atoms with E-state index in [4.69, 9.17) is 0 Å². The summed E-state index contributed by atoms with van der Waals surface area (Å²) in [7, 11) is 0. The van der Waals surface area contributed by atoms with Crippen LogP contribution in [0.15, 0.2) is 104 Å². The molecule has 0 fully saturated rings. The zero-order valence-electron chi connectivity index (χ0n) is 13.3. The summed E-state index contributed by atoms with van der Waals surface area (Å²) >= 11 is 0. The molecule has 1 atom stereocenters. The normalized spacial score (nSPS) is 12.0. The summed E-state index contributed by atoms with van der Waals surface area (Å²) in [6.07, 6.45) is 5.73. The van der Waals surface area contributed by atoms with Gasteiger partial charge in [-0.3, -0.25) is 0 Å². The van der Waals surface area contributed by atoms with Gasteiger partial charge in [0, 0.05) is 12.4 Å². The Morgan fingerprint density at radius 3 is 2.04 bits per heavy atom. The molecule has 0 aliphatic heterocycles. The SMILES string of the molecule is c1ccc(-c2cccc(C(c3ccccc3)n3ccnc3)c2)cc1. The van der Waals surface area contributed by atoms with E-state index in [2.05, 4.69) is 88.4 Å². The Bertz CT molecular complexity index is 897. The molecule has 1 heterocycles. The first-order chi connectivity index (χ1) is 11.9. The van der Waals surface area contributed by atoms with Crippen molar-refractivity contribution < 1.29 is 0 Å². The van der Waals surface area contributed by atoms with Crippen LogP contribution in [0.5, 0.6) is 0 Å². The molecule has 2 heteroatoms. The van der Waals surface area contributed by atoms with Crippen LogP contribution in [0.4, 0.5) is 0 Å². The average molecular weight is 310 g/mol. The highest BCUT2D eigenvalue weighted by atomic mass is 15.0. The lowest BCUT2D eigenvalue weighted by atomic mass is 9.95. The maximum atomic E-state index is 4.24. The number of aromatic nitrogens is 2. The lowest BCUT2D eigenvalue weighted by Crippen LogP contribution is -2.10. The summed E-state index contributed by atoms with van der Waals surface area (Å²) in [5.41, 5.74) is 4.97. The van der Waals surface area contributed by atoms with E-state index >= 15 is 0 Å². The Morgan fingerprint density at radius 1 is 0.667 bits per heavy atom. The van der Waals surface area contributed by atoms with E-state index < -0.39 is 0 Å². The van der Waals surface area contributed by atoms with E-state index in [1.54, 1.807) is 0 Å². The first-order valence-corrected chi connectivity index (χ1v) is 8.09. The molecule has 0 aliphatic rings. The van der Waals surface area contributed by atoms with Crippen LogP contribution in [0, 0.1) is 0 Å². The fourth-order valence-electron chi connectivity index (χ4n) is 3.11. The number of nitrogens with zero attached hydrogens (tertiary/aromatic N) is 2. The van der Waals surface area contributed by atoms with E-state index in [1.807, 2.05) is 24.8 Å². The van der Waals surface area contributed by atoms with Gasteiger partial charge in [0.05, 0.1) is 12.4 Å². The highest BCUT2D eigenvalue weighted by Crippen LogP contribution is 2.29. The fraction of sp³-hybridized carbons (Fsp3) is 0.0455. The van der Waals surface area contributed by atoms with Gasteiger partial charge in [0.25, 0.3) is 0 Å². The molecule has 0 saturated carbocycles. The topological polar surface area (TPSA) is 17.8 Å². The van der Waals surface area contributed by atoms with Crippen molar-refractivity contribution in [3.05, 3.63) is 115 Å². The summed E-state index contributed by atoms with van der Waals surface area (Å²) in [4.78, 5) is 4.24. The zero-order chi connectivity index (χ0) is 16.2. The molecule has 0 N–H and O–H groups in total. The van der Waals surface area contributed by atoms with Gasteiger partial charge >= 0.3 is 0 Å². The lowest BCUT2D eigenvalue weighted by molar-refractivity contribution is 0.677. The molecular formula is C22H18N2. The Morgan fingerprint density at radius 2 is 1.33 bits per heavy atom. The van der Waals surface area contributed by atoms with E-state index in [9.17, 15) is 0 Å². The molecule has 1 unspecified atom stereocenters. The van der Waals surface area contributed by atoms with Crippen LogP contribution in [0.2, 0.25) is 0 Å². The summed E-state index contributed by atoms with van der Waals surface area (Å²) in [6, 6.07) is 29.9. The van der Waals surface area contributed by atoms with Crippen molar-refractivity contribution in [3.8, 4) is 11.1 Å². The minimum atomic E-state index is 0.123. The molecule has 2 nitrogen and oxygen atoms in total. The number of rotatable bonds is 4. The summed E-state index contributed by atoms with van der Waals surface area (Å²) in [6.45, 7) is 0. The van der Waals surface area contributed by atoms with Gasteiger partial charge in [-0.25, -0.2) is 4.98 Å². The van der Waals surface area contributed by atoms with Crippen LogP contribution < -0.4 is 0 Å². The van der Waals surface area contributed by atoms with Crippen molar-refractivity contribution in [2.45, 2.75) is 6.04 Å². The summed E-state index contributed by atoms with van der Waals surface area (Å²) in [5.74, 6) is 0. The van der Waals surface area contributed by atoms with Crippen LogP contribution in [0.1, 0.15) is 17.2 Å². The van der Waals surface area contributed by atoms with Crippen LogP contribution >= 0.6 is 0 Å². The molecule has 0 spiro atoms. The van der Waals surface area contributed by atoms with Crippen LogP contribution in [-0.4, -0.2) is 9.55 Å². The van der Waals surface area contributed by atoms with Gasteiger partial charge < -0.3 is 4.57 Å². The highest BCUT2D eigenvalue weighted by molar-refractivity contribution is 5.64. The quantitative estimate of drug-likeness (QED) is 0.507. The maximum Gasteiger partial charge on any atom is 0.0954 e. The second kappa shape index (κ2) is 6.55. The van der Waals surface area contributed by atoms with Crippen LogP contribution in [0.3, 0.4) is 0 Å². The van der Waals surface area contributed by atoms with E-state index in [0.29, 0.717) is 0 Å². The predicted octanol–water partition coefficient (Wildman–Crippen LogP) is 5.19. The maximum absolute atomic E-state index is 4.24. The Kier molecular flexibility index (Phi) is 3.95. The Balaban J connectivity index is 1.82. The molecule has 116 valence electrons. The van der Waals surface area contributed by atoms with Crippen molar-refractivity contribution in [1.82, 2.24) is 9.55 Å². The van der Waals surface area contributed by atoms with Gasteiger partial charge in [0.2, 0.25) is 0 Å². The average Bonchev–Trinajstić information content (AvgIpc) is 3.18. The van der Waals surface area contributed by atoms with Crippen molar-refractivity contribution in [1.29, 1.82) is 0 Å². The van der Waals surface area contributed by atoms with Crippen LogP contribution in [0.25, 0.3) is 11.1 Å². The molecule has 4 aromatic rings. The summed E-state index contributed by atoms with van der Waals surface area (Å²) in [5, 5.41) is 0. The molecular weight excluding hydrogens is 292 g/mol. The molecule has 4 rings (SSSR count). The van der Waals surface area contributed by atoms with Gasteiger partial charge in [-0.2, -0.15) is 0 Å². The third kappa shape index (κ3) is 2.86. The van der Waals surface area contributed by atoms with Gasteiger partial charge in [0.1, 0.15) is 0 Å². The van der Waals surface area contributed by atoms with E-state index in [1.165, 1.54) is 22.3 Å². The zero-order valence-corrected chi connectivity index (χ0v) is 13.3. The van der Waals surface area contributed by atoms with Crippen molar-refractivity contribution in [3.63, 3.8) is 0 Å². The van der Waals surface area contributed by atoms with Gasteiger partial charge in [-0.1, -0.05) is 78.9 Å². The van der Waals surface area contributed by atoms with Crippen molar-refractivity contribution >= 4 is 0 Å². The standard InChI is InChI=1S/C22H18N2/c1-3-8-18(9-4-1)20-12-7-13-21(16-20)22(24-15-14-23-17-24)19-10-5-2-6-11-19/h1-17,22H. The number of hydrogen-bond acceptors (Lipinski definition) is 1. The third-order valence-corrected chi connectivity index (χ3v) is 4.25. The first kappa shape index (κ1) is 14.5. The first-order valence-electron chi connectivity index (χ1n) is 8.09. The second-order valence-corrected chi connectivity index (χ2v) is 5.81. The van der Waals surface area contributed by atoms with Crippen LogP contribution in [-0.2, 0) is 0 Å². The van der Waals surface area contributed by atoms with Gasteiger partial charge in [-0.05, 0) is 28.3 Å². The van der Waals surface area contributed by atoms with Crippen molar-refractivity contribution in [2.75, 3.05) is 0 Å². The molecule has 3 aromatic carbocycles. The van der Waals surface area contributed by atoms with E-state index in [0.717, 1.165) is 0 Å². The number of hydrogen-bond donors (Lipinski definition) is 0. The molecule has 0 amide bonds. The number of benzene rings is 3. The Hall–Kier alpha value is -3.13. The smallest absolute Gasteiger partial charge is 0.0954 e. The van der Waals surface area contributed by atoms with Gasteiger partial charge in [-0.15, -0.1) is 0 Å². The Labute approximate surface area is 142 Å². The second-order valence-electron chi connectivity index (χ2n) is 5.81. The molecule has 0 bridgehead atoms. The third-order valence-electron chi connectivity index (χ3n) is 4.25. The molecule has 24 heavy (non-hydrogen) atoms. The summed E-state index contributed by atoms with van der Waals surface area (Å²) < 4.78 is 2.15. The minimum absolute atomic E-state index is 0.123. The van der Waals surface area contributed by atoms with Crippen molar-refractivity contribution in [2.24, 2.45) is 0 Å². The van der Waals surface area contributed by atoms with E-state index in [-0.39, 0.29) is 6.04 Å². The molecule has 1 aromatic heterocycles. The fourth-order valence-corrected chi connectivity index (χ4v) is 3.11. The largest absolute Gasteiger partial charge is 0.326 e. The van der Waals surface area contributed by atoms with Gasteiger partial charge in [0.15, 0.2) is 0 Å². The minimum Gasteiger partial charge on any atom is -0.326 e.